The molecule has 2 rings (SSSR count). The SMILES string of the molecule is CCc1nc(NCc2ccccc2)c(C)[nH]1. The van der Waals surface area contributed by atoms with Gasteiger partial charge in [-0.05, 0) is 12.5 Å². The van der Waals surface area contributed by atoms with Crippen LogP contribution in [0.5, 0.6) is 0 Å². The highest BCUT2D eigenvalue weighted by Crippen LogP contribution is 2.12. The van der Waals surface area contributed by atoms with E-state index in [0.717, 1.165) is 30.3 Å². The quantitative estimate of drug-likeness (QED) is 0.823. The van der Waals surface area contributed by atoms with Crippen LogP contribution in [0.15, 0.2) is 30.3 Å². The van der Waals surface area contributed by atoms with Crippen LogP contribution in [-0.4, -0.2) is 9.97 Å². The highest BCUT2D eigenvalue weighted by molar-refractivity contribution is 5.41. The molecule has 0 saturated carbocycles. The fraction of sp³-hybridized carbons (Fsp3) is 0.308. The van der Waals surface area contributed by atoms with Crippen LogP contribution in [0.3, 0.4) is 0 Å². The maximum Gasteiger partial charge on any atom is 0.147 e. The average molecular weight is 215 g/mol. The number of hydrogen-bond acceptors (Lipinski definition) is 2. The van der Waals surface area contributed by atoms with Crippen molar-refractivity contribution in [2.45, 2.75) is 26.8 Å². The predicted octanol–water partition coefficient (Wildman–Crippen LogP) is 2.89. The molecule has 3 nitrogen and oxygen atoms in total. The monoisotopic (exact) mass is 215 g/mol. The second-order valence-corrected chi connectivity index (χ2v) is 3.85. The van der Waals surface area contributed by atoms with Gasteiger partial charge in [-0.2, -0.15) is 0 Å². The molecule has 0 saturated heterocycles. The number of nitrogens with one attached hydrogen (secondary N) is 2. The highest BCUT2D eigenvalue weighted by Gasteiger charge is 2.04. The van der Waals surface area contributed by atoms with Crippen molar-refractivity contribution in [3.8, 4) is 0 Å². The van der Waals surface area contributed by atoms with Crippen LogP contribution in [-0.2, 0) is 13.0 Å². The Balaban J connectivity index is 2.02. The van der Waals surface area contributed by atoms with Crippen LogP contribution >= 0.6 is 0 Å². The number of aromatic amines is 1. The van der Waals surface area contributed by atoms with Gasteiger partial charge in [0.2, 0.25) is 0 Å². The molecule has 0 atom stereocenters. The first kappa shape index (κ1) is 10.7. The van der Waals surface area contributed by atoms with Crippen molar-refractivity contribution in [1.29, 1.82) is 0 Å². The standard InChI is InChI=1S/C13H17N3/c1-3-12-15-10(2)13(16-12)14-9-11-7-5-4-6-8-11/h4-8,14H,3,9H2,1-2H3,(H,15,16). The summed E-state index contributed by atoms with van der Waals surface area (Å²) < 4.78 is 0. The largest absolute Gasteiger partial charge is 0.364 e. The average Bonchev–Trinajstić information content (AvgIpc) is 2.69. The lowest BCUT2D eigenvalue weighted by atomic mass is 10.2. The van der Waals surface area contributed by atoms with Crippen molar-refractivity contribution in [2.24, 2.45) is 0 Å². The van der Waals surface area contributed by atoms with E-state index < -0.39 is 0 Å². The molecular formula is C13H17N3. The molecular weight excluding hydrogens is 198 g/mol. The van der Waals surface area contributed by atoms with Crippen molar-refractivity contribution < 1.29 is 0 Å². The van der Waals surface area contributed by atoms with E-state index in [-0.39, 0.29) is 0 Å². The Morgan fingerprint density at radius 3 is 2.62 bits per heavy atom. The van der Waals surface area contributed by atoms with E-state index in [2.05, 4.69) is 34.3 Å². The number of aromatic nitrogens is 2. The van der Waals surface area contributed by atoms with Crippen molar-refractivity contribution in [1.82, 2.24) is 9.97 Å². The lowest BCUT2D eigenvalue weighted by Crippen LogP contribution is -2.00. The molecule has 0 aliphatic rings. The molecule has 0 unspecified atom stereocenters. The fourth-order valence-electron chi connectivity index (χ4n) is 1.64. The molecule has 2 aromatic rings. The lowest BCUT2D eigenvalue weighted by molar-refractivity contribution is 0.980. The maximum absolute atomic E-state index is 4.48. The normalized spacial score (nSPS) is 10.4. The van der Waals surface area contributed by atoms with Crippen molar-refractivity contribution in [3.63, 3.8) is 0 Å². The van der Waals surface area contributed by atoms with Gasteiger partial charge in [0.15, 0.2) is 0 Å². The maximum atomic E-state index is 4.48. The van der Waals surface area contributed by atoms with Gasteiger partial charge in [-0.25, -0.2) is 4.98 Å². The van der Waals surface area contributed by atoms with E-state index in [9.17, 15) is 0 Å². The van der Waals surface area contributed by atoms with Crippen molar-refractivity contribution in [3.05, 3.63) is 47.4 Å². The Morgan fingerprint density at radius 2 is 2.00 bits per heavy atom. The molecule has 0 amide bonds. The zero-order valence-electron chi connectivity index (χ0n) is 9.75. The van der Waals surface area contributed by atoms with E-state index in [1.165, 1.54) is 5.56 Å². The van der Waals surface area contributed by atoms with Crippen molar-refractivity contribution in [2.75, 3.05) is 5.32 Å². The fourth-order valence-corrected chi connectivity index (χ4v) is 1.64. The molecule has 3 heteroatoms. The van der Waals surface area contributed by atoms with Gasteiger partial charge in [0.1, 0.15) is 11.6 Å². The molecule has 0 radical (unpaired) electrons. The van der Waals surface area contributed by atoms with Gasteiger partial charge >= 0.3 is 0 Å². The molecule has 2 N–H and O–H groups in total. The first-order valence-electron chi connectivity index (χ1n) is 5.63. The van der Waals surface area contributed by atoms with Crippen molar-refractivity contribution >= 4 is 5.82 Å². The third-order valence-corrected chi connectivity index (χ3v) is 2.57. The van der Waals surface area contributed by atoms with Gasteiger partial charge in [0, 0.05) is 13.0 Å². The smallest absolute Gasteiger partial charge is 0.147 e. The molecule has 0 aliphatic carbocycles. The number of hydrogen-bond donors (Lipinski definition) is 2. The van der Waals surface area contributed by atoms with Gasteiger partial charge in [-0.3, -0.25) is 0 Å². The minimum atomic E-state index is 0.815. The molecule has 1 aromatic carbocycles. The molecule has 1 aromatic heterocycles. The number of rotatable bonds is 4. The van der Waals surface area contributed by atoms with E-state index in [1.54, 1.807) is 0 Å². The van der Waals surface area contributed by atoms with Gasteiger partial charge in [-0.15, -0.1) is 0 Å². The van der Waals surface area contributed by atoms with E-state index in [0.29, 0.717) is 0 Å². The lowest BCUT2D eigenvalue weighted by Gasteiger charge is -2.03. The van der Waals surface area contributed by atoms with E-state index in [1.807, 2.05) is 25.1 Å². The van der Waals surface area contributed by atoms with Gasteiger partial charge in [-0.1, -0.05) is 37.3 Å². The van der Waals surface area contributed by atoms with Crippen LogP contribution in [0, 0.1) is 6.92 Å². The van der Waals surface area contributed by atoms with Crippen LogP contribution < -0.4 is 5.32 Å². The topological polar surface area (TPSA) is 40.7 Å². The highest BCUT2D eigenvalue weighted by atomic mass is 15.1. The Hall–Kier alpha value is -1.77. The van der Waals surface area contributed by atoms with Crippen LogP contribution in [0.1, 0.15) is 24.0 Å². The number of benzene rings is 1. The Labute approximate surface area is 95.9 Å². The summed E-state index contributed by atoms with van der Waals surface area (Å²) in [6, 6.07) is 10.3. The summed E-state index contributed by atoms with van der Waals surface area (Å²) in [7, 11) is 0. The third kappa shape index (κ3) is 2.42. The van der Waals surface area contributed by atoms with E-state index >= 15 is 0 Å². The van der Waals surface area contributed by atoms with Gasteiger partial charge in [0.25, 0.3) is 0 Å². The second kappa shape index (κ2) is 4.84. The Morgan fingerprint density at radius 1 is 1.25 bits per heavy atom. The molecule has 1 heterocycles. The van der Waals surface area contributed by atoms with Crippen LogP contribution in [0.4, 0.5) is 5.82 Å². The van der Waals surface area contributed by atoms with Crippen LogP contribution in [0.2, 0.25) is 0 Å². The van der Waals surface area contributed by atoms with E-state index in [4.69, 9.17) is 0 Å². The number of imidazole rings is 1. The zero-order chi connectivity index (χ0) is 11.4. The summed E-state index contributed by atoms with van der Waals surface area (Å²) in [5.74, 6) is 1.99. The summed E-state index contributed by atoms with van der Waals surface area (Å²) >= 11 is 0. The number of H-pyrrole nitrogens is 1. The molecule has 0 spiro atoms. The molecule has 0 fully saturated rings. The summed E-state index contributed by atoms with van der Waals surface area (Å²) in [6.07, 6.45) is 0.938. The first-order chi connectivity index (χ1) is 7.79. The predicted molar refractivity (Wildman–Crippen MR) is 66.5 cm³/mol. The third-order valence-electron chi connectivity index (χ3n) is 2.57. The number of nitrogens with zero attached hydrogens (tertiary/aromatic N) is 1. The Bertz CT molecular complexity index is 445. The first-order valence-corrected chi connectivity index (χ1v) is 5.63. The number of aryl methyl sites for hydroxylation is 2. The minimum Gasteiger partial charge on any atom is -0.364 e. The summed E-state index contributed by atoms with van der Waals surface area (Å²) in [5.41, 5.74) is 2.37. The second-order valence-electron chi connectivity index (χ2n) is 3.85. The minimum absolute atomic E-state index is 0.815. The molecule has 0 aliphatic heterocycles. The summed E-state index contributed by atoms with van der Waals surface area (Å²) in [5, 5.41) is 3.34. The zero-order valence-corrected chi connectivity index (χ0v) is 9.75. The number of anilines is 1. The molecule has 16 heavy (non-hydrogen) atoms. The Kier molecular flexibility index (Phi) is 3.25. The molecule has 84 valence electrons. The van der Waals surface area contributed by atoms with Crippen LogP contribution in [0.25, 0.3) is 0 Å². The summed E-state index contributed by atoms with van der Waals surface area (Å²) in [6.45, 7) is 4.95. The van der Waals surface area contributed by atoms with Gasteiger partial charge in [0.05, 0.1) is 5.69 Å². The summed E-state index contributed by atoms with van der Waals surface area (Å²) in [4.78, 5) is 7.73. The van der Waals surface area contributed by atoms with Gasteiger partial charge < -0.3 is 10.3 Å². The molecule has 0 bridgehead atoms.